The Labute approximate surface area is 123 Å². The van der Waals surface area contributed by atoms with Crippen LogP contribution in [-0.4, -0.2) is 27.6 Å². The third kappa shape index (κ3) is 3.19. The number of nitrogens with zero attached hydrogens (tertiary/aromatic N) is 2. The van der Waals surface area contributed by atoms with Gasteiger partial charge in [-0.05, 0) is 38.2 Å². The average molecular weight is 328 g/mol. The molecule has 1 aromatic heterocycles. The SMILES string of the molecule is CCn1nc(C)cc1C(=O)NCC1(CBr)CCCC1. The summed E-state index contributed by atoms with van der Waals surface area (Å²) in [6, 6.07) is 1.86. The van der Waals surface area contributed by atoms with Gasteiger partial charge in [-0.15, -0.1) is 0 Å². The summed E-state index contributed by atoms with van der Waals surface area (Å²) in [6.07, 6.45) is 4.94. The quantitative estimate of drug-likeness (QED) is 0.845. The number of rotatable bonds is 5. The van der Waals surface area contributed by atoms with E-state index in [4.69, 9.17) is 0 Å². The van der Waals surface area contributed by atoms with Gasteiger partial charge in [0.25, 0.3) is 5.91 Å². The molecule has 0 radical (unpaired) electrons. The van der Waals surface area contributed by atoms with Gasteiger partial charge in [0.1, 0.15) is 5.69 Å². The third-order valence-corrected chi connectivity index (χ3v) is 5.20. The maximum atomic E-state index is 12.3. The van der Waals surface area contributed by atoms with Crippen LogP contribution in [-0.2, 0) is 6.54 Å². The molecule has 0 bridgehead atoms. The summed E-state index contributed by atoms with van der Waals surface area (Å²) >= 11 is 3.60. The van der Waals surface area contributed by atoms with Crippen LogP contribution >= 0.6 is 15.9 Å². The predicted octanol–water partition coefficient (Wildman–Crippen LogP) is 2.90. The van der Waals surface area contributed by atoms with Gasteiger partial charge in [0, 0.05) is 18.4 Å². The van der Waals surface area contributed by atoms with Crippen molar-refractivity contribution in [2.45, 2.75) is 46.1 Å². The minimum absolute atomic E-state index is 0.00493. The molecule has 0 unspecified atom stereocenters. The second-order valence-electron chi connectivity index (χ2n) is 5.51. The molecular formula is C14H22BrN3O. The lowest BCUT2D eigenvalue weighted by Gasteiger charge is -2.26. The van der Waals surface area contributed by atoms with Gasteiger partial charge in [-0.25, -0.2) is 0 Å². The Hall–Kier alpha value is -0.840. The van der Waals surface area contributed by atoms with Crippen molar-refractivity contribution >= 4 is 21.8 Å². The lowest BCUT2D eigenvalue weighted by atomic mass is 9.89. The van der Waals surface area contributed by atoms with Crippen molar-refractivity contribution in [1.29, 1.82) is 0 Å². The molecule has 5 heteroatoms. The van der Waals surface area contributed by atoms with E-state index >= 15 is 0 Å². The lowest BCUT2D eigenvalue weighted by molar-refractivity contribution is 0.0925. The van der Waals surface area contributed by atoms with E-state index in [1.807, 2.05) is 19.9 Å². The van der Waals surface area contributed by atoms with Crippen molar-refractivity contribution in [3.63, 3.8) is 0 Å². The predicted molar refractivity (Wildman–Crippen MR) is 79.7 cm³/mol. The Balaban J connectivity index is 2.01. The molecule has 1 heterocycles. The van der Waals surface area contributed by atoms with Gasteiger partial charge < -0.3 is 5.32 Å². The van der Waals surface area contributed by atoms with Crippen LogP contribution in [0.3, 0.4) is 0 Å². The van der Waals surface area contributed by atoms with E-state index in [9.17, 15) is 4.79 Å². The minimum atomic E-state index is -0.00493. The first kappa shape index (κ1) is 14.6. The number of halogens is 1. The number of nitrogens with one attached hydrogen (secondary N) is 1. The van der Waals surface area contributed by atoms with Crippen molar-refractivity contribution in [3.8, 4) is 0 Å². The van der Waals surface area contributed by atoms with E-state index in [1.54, 1.807) is 4.68 Å². The summed E-state index contributed by atoms with van der Waals surface area (Å²) in [7, 11) is 0. The Bertz CT molecular complexity index is 450. The molecule has 0 saturated heterocycles. The summed E-state index contributed by atoms with van der Waals surface area (Å²) in [5, 5.41) is 8.37. The first-order valence-electron chi connectivity index (χ1n) is 6.99. The van der Waals surface area contributed by atoms with Crippen LogP contribution < -0.4 is 5.32 Å². The molecule has 1 aliphatic rings. The van der Waals surface area contributed by atoms with Gasteiger partial charge in [-0.2, -0.15) is 5.10 Å². The maximum Gasteiger partial charge on any atom is 0.269 e. The zero-order valence-corrected chi connectivity index (χ0v) is 13.3. The fourth-order valence-electron chi connectivity index (χ4n) is 2.81. The monoisotopic (exact) mass is 327 g/mol. The number of alkyl halides is 1. The third-order valence-electron chi connectivity index (χ3n) is 4.01. The number of carbonyl (C=O) groups is 1. The van der Waals surface area contributed by atoms with Gasteiger partial charge >= 0.3 is 0 Å². The molecule has 1 amide bonds. The van der Waals surface area contributed by atoms with E-state index in [0.29, 0.717) is 5.69 Å². The highest BCUT2D eigenvalue weighted by Crippen LogP contribution is 2.38. The van der Waals surface area contributed by atoms with Crippen LogP contribution in [0.1, 0.15) is 48.8 Å². The lowest BCUT2D eigenvalue weighted by Crippen LogP contribution is -2.37. The summed E-state index contributed by atoms with van der Waals surface area (Å²) in [6.45, 7) is 5.39. The second-order valence-corrected chi connectivity index (χ2v) is 6.07. The van der Waals surface area contributed by atoms with E-state index in [1.165, 1.54) is 25.7 Å². The minimum Gasteiger partial charge on any atom is -0.350 e. The van der Waals surface area contributed by atoms with Crippen molar-refractivity contribution in [2.75, 3.05) is 11.9 Å². The summed E-state index contributed by atoms with van der Waals surface area (Å²) in [4.78, 5) is 12.3. The number of aryl methyl sites for hydroxylation is 2. The number of hydrogen-bond acceptors (Lipinski definition) is 2. The summed E-state index contributed by atoms with van der Waals surface area (Å²) in [5.41, 5.74) is 1.81. The molecule has 4 nitrogen and oxygen atoms in total. The van der Waals surface area contributed by atoms with Crippen LogP contribution in [0.4, 0.5) is 0 Å². The molecule has 0 atom stereocenters. The van der Waals surface area contributed by atoms with Gasteiger partial charge in [-0.1, -0.05) is 28.8 Å². The van der Waals surface area contributed by atoms with E-state index in [0.717, 1.165) is 24.1 Å². The molecule has 0 aliphatic heterocycles. The summed E-state index contributed by atoms with van der Waals surface area (Å²) < 4.78 is 1.76. The smallest absolute Gasteiger partial charge is 0.269 e. The molecule has 1 fully saturated rings. The Morgan fingerprint density at radius 2 is 2.21 bits per heavy atom. The molecule has 1 aromatic rings. The largest absolute Gasteiger partial charge is 0.350 e. The van der Waals surface area contributed by atoms with Crippen LogP contribution in [0, 0.1) is 12.3 Å². The van der Waals surface area contributed by atoms with Crippen LogP contribution in [0.5, 0.6) is 0 Å². The van der Waals surface area contributed by atoms with Crippen molar-refractivity contribution < 1.29 is 4.79 Å². The first-order chi connectivity index (χ1) is 9.10. The fraction of sp³-hybridized carbons (Fsp3) is 0.714. The number of aromatic nitrogens is 2. The van der Waals surface area contributed by atoms with Crippen LogP contribution in [0.2, 0.25) is 0 Å². The second kappa shape index (κ2) is 6.07. The van der Waals surface area contributed by atoms with E-state index in [-0.39, 0.29) is 11.3 Å². The molecule has 0 aromatic carbocycles. The molecule has 0 spiro atoms. The normalized spacial score (nSPS) is 17.6. The highest BCUT2D eigenvalue weighted by atomic mass is 79.9. The molecule has 1 N–H and O–H groups in total. The molecule has 106 valence electrons. The highest BCUT2D eigenvalue weighted by Gasteiger charge is 2.33. The molecule has 19 heavy (non-hydrogen) atoms. The molecule has 2 rings (SSSR count). The topological polar surface area (TPSA) is 46.9 Å². The fourth-order valence-corrected chi connectivity index (χ4v) is 3.57. The first-order valence-corrected chi connectivity index (χ1v) is 8.11. The van der Waals surface area contributed by atoms with Gasteiger partial charge in [0.05, 0.1) is 5.69 Å². The van der Waals surface area contributed by atoms with Gasteiger partial charge in [0.2, 0.25) is 0 Å². The Kier molecular flexibility index (Phi) is 4.66. The van der Waals surface area contributed by atoms with Gasteiger partial charge in [0.15, 0.2) is 0 Å². The molecular weight excluding hydrogens is 306 g/mol. The zero-order valence-electron chi connectivity index (χ0n) is 11.7. The van der Waals surface area contributed by atoms with Crippen molar-refractivity contribution in [2.24, 2.45) is 5.41 Å². The molecule has 1 saturated carbocycles. The Morgan fingerprint density at radius 3 is 2.79 bits per heavy atom. The van der Waals surface area contributed by atoms with Gasteiger partial charge in [-0.3, -0.25) is 9.48 Å². The Morgan fingerprint density at radius 1 is 1.53 bits per heavy atom. The standard InChI is InChI=1S/C14H22BrN3O/c1-3-18-12(8-11(2)17-18)13(19)16-10-14(9-15)6-4-5-7-14/h8H,3-7,9-10H2,1-2H3,(H,16,19). The number of amides is 1. The maximum absolute atomic E-state index is 12.3. The van der Waals surface area contributed by atoms with Crippen LogP contribution in [0.15, 0.2) is 6.07 Å². The van der Waals surface area contributed by atoms with Crippen molar-refractivity contribution in [1.82, 2.24) is 15.1 Å². The number of carbonyl (C=O) groups excluding carboxylic acids is 1. The zero-order chi connectivity index (χ0) is 13.9. The average Bonchev–Trinajstić information content (AvgIpc) is 3.03. The molecule has 1 aliphatic carbocycles. The van der Waals surface area contributed by atoms with Crippen LogP contribution in [0.25, 0.3) is 0 Å². The van der Waals surface area contributed by atoms with E-state index in [2.05, 4.69) is 26.3 Å². The highest BCUT2D eigenvalue weighted by molar-refractivity contribution is 9.09. The summed E-state index contributed by atoms with van der Waals surface area (Å²) in [5.74, 6) is -0.00493. The van der Waals surface area contributed by atoms with E-state index < -0.39 is 0 Å². The van der Waals surface area contributed by atoms with Crippen molar-refractivity contribution in [3.05, 3.63) is 17.5 Å². The number of hydrogen-bond donors (Lipinski definition) is 1.